The van der Waals surface area contributed by atoms with Gasteiger partial charge in [0, 0.05) is 18.8 Å². The largest absolute Gasteiger partial charge is 0.497 e. The van der Waals surface area contributed by atoms with Crippen molar-refractivity contribution in [2.45, 2.75) is 20.8 Å². The van der Waals surface area contributed by atoms with Crippen LogP contribution in [0.4, 0.5) is 5.69 Å². The first-order valence-corrected chi connectivity index (χ1v) is 7.98. The van der Waals surface area contributed by atoms with Crippen LogP contribution in [-0.4, -0.2) is 61.4 Å². The van der Waals surface area contributed by atoms with Gasteiger partial charge in [-0.1, -0.05) is 6.92 Å². The van der Waals surface area contributed by atoms with Crippen molar-refractivity contribution in [1.29, 1.82) is 0 Å². The lowest BCUT2D eigenvalue weighted by atomic mass is 10.3. The van der Waals surface area contributed by atoms with Crippen molar-refractivity contribution < 1.29 is 14.3 Å². The number of methoxy groups -OCH3 is 1. The molecule has 0 atom stereocenters. The lowest BCUT2D eigenvalue weighted by Crippen LogP contribution is -2.43. The highest BCUT2D eigenvalue weighted by Crippen LogP contribution is 2.14. The molecule has 0 saturated carbocycles. The summed E-state index contributed by atoms with van der Waals surface area (Å²) in [7, 11) is 1.60. The molecule has 1 rings (SSSR count). The summed E-state index contributed by atoms with van der Waals surface area (Å²) >= 11 is 0. The summed E-state index contributed by atoms with van der Waals surface area (Å²) in [5.74, 6) is 0.654. The third kappa shape index (κ3) is 6.28. The molecule has 0 bridgehead atoms. The van der Waals surface area contributed by atoms with E-state index in [1.54, 1.807) is 36.3 Å². The maximum absolute atomic E-state index is 12.1. The van der Waals surface area contributed by atoms with Crippen LogP contribution in [0.2, 0.25) is 0 Å². The van der Waals surface area contributed by atoms with Crippen molar-refractivity contribution in [3.8, 4) is 5.75 Å². The van der Waals surface area contributed by atoms with Crippen molar-refractivity contribution in [3.63, 3.8) is 0 Å². The minimum atomic E-state index is -0.135. The Balaban J connectivity index is 2.53. The van der Waals surface area contributed by atoms with Gasteiger partial charge < -0.3 is 15.0 Å². The summed E-state index contributed by atoms with van der Waals surface area (Å²) in [6.07, 6.45) is 0. The second kappa shape index (κ2) is 9.84. The predicted octanol–water partition coefficient (Wildman–Crippen LogP) is 1.82. The molecule has 1 aromatic carbocycles. The number of amides is 2. The zero-order valence-corrected chi connectivity index (χ0v) is 14.5. The van der Waals surface area contributed by atoms with Crippen LogP contribution in [0.15, 0.2) is 24.3 Å². The Kier molecular flexibility index (Phi) is 8.11. The van der Waals surface area contributed by atoms with Gasteiger partial charge >= 0.3 is 0 Å². The third-order valence-corrected chi connectivity index (χ3v) is 3.66. The number of nitrogens with zero attached hydrogens (tertiary/aromatic N) is 2. The summed E-state index contributed by atoms with van der Waals surface area (Å²) in [5, 5.41) is 2.83. The van der Waals surface area contributed by atoms with Gasteiger partial charge in [-0.2, -0.15) is 0 Å². The van der Waals surface area contributed by atoms with Crippen molar-refractivity contribution in [2.75, 3.05) is 45.2 Å². The molecule has 0 radical (unpaired) electrons. The summed E-state index contributed by atoms with van der Waals surface area (Å²) < 4.78 is 5.08. The topological polar surface area (TPSA) is 61.9 Å². The Bertz CT molecular complexity index is 498. The molecule has 1 N–H and O–H groups in total. The van der Waals surface area contributed by atoms with E-state index in [0.29, 0.717) is 25.3 Å². The summed E-state index contributed by atoms with van der Waals surface area (Å²) in [6.45, 7) is 8.31. The Hall–Kier alpha value is -2.08. The Morgan fingerprint density at radius 3 is 2.09 bits per heavy atom. The van der Waals surface area contributed by atoms with E-state index in [1.165, 1.54) is 0 Å². The predicted molar refractivity (Wildman–Crippen MR) is 91.7 cm³/mol. The summed E-state index contributed by atoms with van der Waals surface area (Å²) in [4.78, 5) is 27.8. The van der Waals surface area contributed by atoms with Gasteiger partial charge in [-0.05, 0) is 44.7 Å². The van der Waals surface area contributed by atoms with Crippen molar-refractivity contribution in [3.05, 3.63) is 24.3 Å². The van der Waals surface area contributed by atoms with Crippen LogP contribution < -0.4 is 10.1 Å². The van der Waals surface area contributed by atoms with Gasteiger partial charge in [-0.15, -0.1) is 0 Å². The highest BCUT2D eigenvalue weighted by atomic mass is 16.5. The first-order valence-electron chi connectivity index (χ1n) is 7.98. The molecule has 0 saturated heterocycles. The number of carbonyl (C=O) groups is 2. The first kappa shape index (κ1) is 19.0. The molecular formula is C17H27N3O3. The minimum absolute atomic E-state index is 0.0501. The van der Waals surface area contributed by atoms with Crippen molar-refractivity contribution in [2.24, 2.45) is 0 Å². The van der Waals surface area contributed by atoms with Gasteiger partial charge in [0.1, 0.15) is 5.75 Å². The molecule has 0 aliphatic carbocycles. The molecular weight excluding hydrogens is 294 g/mol. The average molecular weight is 321 g/mol. The normalized spacial score (nSPS) is 10.5. The molecule has 1 aromatic rings. The molecule has 6 heteroatoms. The lowest BCUT2D eigenvalue weighted by molar-refractivity contribution is -0.132. The molecule has 23 heavy (non-hydrogen) atoms. The van der Waals surface area contributed by atoms with E-state index in [2.05, 4.69) is 5.32 Å². The first-order chi connectivity index (χ1) is 11.0. The van der Waals surface area contributed by atoms with Gasteiger partial charge in [0.25, 0.3) is 0 Å². The van der Waals surface area contributed by atoms with Crippen LogP contribution in [0, 0.1) is 0 Å². The minimum Gasteiger partial charge on any atom is -0.497 e. The van der Waals surface area contributed by atoms with Crippen LogP contribution in [0.25, 0.3) is 0 Å². The van der Waals surface area contributed by atoms with Crippen LogP contribution in [0.5, 0.6) is 5.75 Å². The second-order valence-electron chi connectivity index (χ2n) is 5.15. The zero-order chi connectivity index (χ0) is 17.2. The smallest absolute Gasteiger partial charge is 0.238 e. The number of rotatable bonds is 9. The van der Waals surface area contributed by atoms with Crippen molar-refractivity contribution in [1.82, 2.24) is 9.80 Å². The molecule has 0 heterocycles. The Labute approximate surface area is 138 Å². The highest BCUT2D eigenvalue weighted by molar-refractivity contribution is 5.92. The fourth-order valence-electron chi connectivity index (χ4n) is 2.23. The number of nitrogens with one attached hydrogen (secondary N) is 1. The number of hydrogen-bond acceptors (Lipinski definition) is 4. The number of carbonyl (C=O) groups excluding carboxylic acids is 2. The maximum Gasteiger partial charge on any atom is 0.238 e. The van der Waals surface area contributed by atoms with Crippen LogP contribution in [0.1, 0.15) is 20.8 Å². The number of ether oxygens (including phenoxy) is 1. The van der Waals surface area contributed by atoms with Gasteiger partial charge in [0.15, 0.2) is 0 Å². The van der Waals surface area contributed by atoms with Gasteiger partial charge in [-0.25, -0.2) is 0 Å². The average Bonchev–Trinajstić information content (AvgIpc) is 2.56. The third-order valence-electron chi connectivity index (χ3n) is 3.66. The number of anilines is 1. The number of benzene rings is 1. The van der Waals surface area contributed by atoms with Crippen LogP contribution >= 0.6 is 0 Å². The molecule has 2 amide bonds. The standard InChI is InChI=1S/C17H27N3O3/c1-5-19(13-17(22)20(6-2)7-3)12-16(21)18-14-8-10-15(23-4)11-9-14/h8-11H,5-7,12-13H2,1-4H3,(H,18,21). The van der Waals surface area contributed by atoms with Crippen molar-refractivity contribution >= 4 is 17.5 Å². The Morgan fingerprint density at radius 2 is 1.61 bits per heavy atom. The lowest BCUT2D eigenvalue weighted by Gasteiger charge is -2.24. The Morgan fingerprint density at radius 1 is 1.00 bits per heavy atom. The molecule has 128 valence electrons. The molecule has 0 unspecified atom stereocenters. The molecule has 0 aliphatic rings. The van der Waals surface area contributed by atoms with Gasteiger partial charge in [0.05, 0.1) is 20.2 Å². The van der Waals surface area contributed by atoms with E-state index in [9.17, 15) is 9.59 Å². The molecule has 0 aromatic heterocycles. The maximum atomic E-state index is 12.1. The van der Waals surface area contributed by atoms with E-state index in [4.69, 9.17) is 4.74 Å². The summed E-state index contributed by atoms with van der Waals surface area (Å²) in [5.41, 5.74) is 0.710. The molecule has 0 spiro atoms. The quantitative estimate of drug-likeness (QED) is 0.754. The highest BCUT2D eigenvalue weighted by Gasteiger charge is 2.16. The van der Waals surface area contributed by atoms with Crippen LogP contribution in [-0.2, 0) is 9.59 Å². The fourth-order valence-corrected chi connectivity index (χ4v) is 2.23. The van der Waals surface area contributed by atoms with E-state index in [1.807, 2.05) is 25.7 Å². The number of likely N-dealkylation sites (N-methyl/N-ethyl adjacent to an activating group) is 2. The molecule has 0 fully saturated rings. The second-order valence-corrected chi connectivity index (χ2v) is 5.15. The summed E-state index contributed by atoms with van der Waals surface area (Å²) in [6, 6.07) is 7.15. The molecule has 6 nitrogen and oxygen atoms in total. The van der Waals surface area contributed by atoms with E-state index < -0.39 is 0 Å². The van der Waals surface area contributed by atoms with E-state index >= 15 is 0 Å². The van der Waals surface area contributed by atoms with Gasteiger partial charge in [-0.3, -0.25) is 14.5 Å². The van der Waals surface area contributed by atoms with Gasteiger partial charge in [0.2, 0.25) is 11.8 Å². The van der Waals surface area contributed by atoms with Crippen LogP contribution in [0.3, 0.4) is 0 Å². The van der Waals surface area contributed by atoms with E-state index in [0.717, 1.165) is 5.75 Å². The van der Waals surface area contributed by atoms with E-state index in [-0.39, 0.29) is 24.9 Å². The molecule has 0 aliphatic heterocycles. The SMILES string of the molecule is CCN(CC(=O)Nc1ccc(OC)cc1)CC(=O)N(CC)CC. The number of hydrogen-bond donors (Lipinski definition) is 1. The fraction of sp³-hybridized carbons (Fsp3) is 0.529. The monoisotopic (exact) mass is 321 g/mol. The zero-order valence-electron chi connectivity index (χ0n) is 14.5.